The molecule has 0 saturated heterocycles. The molecule has 1 aromatic heterocycles. The van der Waals surface area contributed by atoms with Gasteiger partial charge in [0.2, 0.25) is 0 Å². The molecule has 3 nitrogen and oxygen atoms in total. The lowest BCUT2D eigenvalue weighted by Crippen LogP contribution is -1.99. The minimum atomic E-state index is -0.311. The number of benzene rings is 1. The first-order valence-electron chi connectivity index (χ1n) is 4.75. The first-order valence-corrected chi connectivity index (χ1v) is 6.27. The number of halogens is 2. The predicted molar refractivity (Wildman–Crippen MR) is 67.2 cm³/mol. The van der Waals surface area contributed by atoms with Crippen LogP contribution in [0.3, 0.4) is 0 Å². The third-order valence-electron chi connectivity index (χ3n) is 2.04. The van der Waals surface area contributed by atoms with Gasteiger partial charge in [-0.05, 0) is 35.0 Å². The van der Waals surface area contributed by atoms with Crippen molar-refractivity contribution in [1.29, 1.82) is 0 Å². The van der Waals surface area contributed by atoms with Gasteiger partial charge in [0.25, 0.3) is 0 Å². The van der Waals surface area contributed by atoms with Gasteiger partial charge in [-0.3, -0.25) is 0 Å². The molecule has 0 amide bonds. The fraction of sp³-hybridized carbons (Fsp3) is 0.200. The summed E-state index contributed by atoms with van der Waals surface area (Å²) < 4.78 is 22.5. The zero-order valence-corrected chi connectivity index (χ0v) is 10.9. The molecule has 0 atom stereocenters. The molecule has 1 aromatic carbocycles. The van der Waals surface area contributed by atoms with Gasteiger partial charge < -0.3 is 5.32 Å². The first-order chi connectivity index (χ1) is 7.74. The van der Waals surface area contributed by atoms with Crippen molar-refractivity contribution in [1.82, 2.24) is 8.75 Å². The van der Waals surface area contributed by atoms with Crippen LogP contribution in [0.5, 0.6) is 0 Å². The van der Waals surface area contributed by atoms with E-state index in [1.165, 1.54) is 0 Å². The van der Waals surface area contributed by atoms with Gasteiger partial charge in [-0.25, -0.2) is 4.39 Å². The van der Waals surface area contributed by atoms with Crippen LogP contribution in [0.1, 0.15) is 6.92 Å². The van der Waals surface area contributed by atoms with Gasteiger partial charge in [0.05, 0.1) is 16.2 Å². The normalized spacial score (nSPS) is 10.4. The van der Waals surface area contributed by atoms with E-state index in [9.17, 15) is 4.39 Å². The third kappa shape index (κ3) is 2.08. The highest BCUT2D eigenvalue weighted by atomic mass is 79.9. The summed E-state index contributed by atoms with van der Waals surface area (Å²) in [6, 6.07) is 5.13. The van der Waals surface area contributed by atoms with Crippen LogP contribution in [0.2, 0.25) is 0 Å². The summed E-state index contributed by atoms with van der Waals surface area (Å²) in [4.78, 5) is 0. The van der Waals surface area contributed by atoms with E-state index < -0.39 is 0 Å². The third-order valence-corrected chi connectivity index (χ3v) is 3.18. The molecule has 0 saturated carbocycles. The lowest BCUT2D eigenvalue weighted by molar-refractivity contribution is 0.624. The van der Waals surface area contributed by atoms with E-state index in [4.69, 9.17) is 0 Å². The summed E-state index contributed by atoms with van der Waals surface area (Å²) >= 11 is 4.23. The van der Waals surface area contributed by atoms with E-state index in [1.54, 1.807) is 18.2 Å². The van der Waals surface area contributed by atoms with Crippen LogP contribution in [-0.4, -0.2) is 15.3 Å². The number of hydrogen-bond acceptors (Lipinski definition) is 4. The van der Waals surface area contributed by atoms with Crippen molar-refractivity contribution in [3.8, 4) is 11.3 Å². The number of rotatable bonds is 3. The molecule has 2 aromatic rings. The second kappa shape index (κ2) is 4.88. The van der Waals surface area contributed by atoms with Crippen LogP contribution in [0.4, 0.5) is 10.2 Å². The standard InChI is InChI=1S/C10H9BrFN3S/c1-2-13-10-9(14-16-15-10)6-4-3-5-7(11)8(6)12/h3-5H,2H2,1H3,(H,13,15). The summed E-state index contributed by atoms with van der Waals surface area (Å²) in [6.07, 6.45) is 0. The van der Waals surface area contributed by atoms with Gasteiger partial charge in [-0.2, -0.15) is 8.75 Å². The molecule has 0 radical (unpaired) electrons. The summed E-state index contributed by atoms with van der Waals surface area (Å²) in [6.45, 7) is 2.69. The minimum absolute atomic E-state index is 0.311. The zero-order chi connectivity index (χ0) is 11.5. The number of hydrogen-bond donors (Lipinski definition) is 1. The van der Waals surface area contributed by atoms with Crippen molar-refractivity contribution in [2.45, 2.75) is 6.92 Å². The van der Waals surface area contributed by atoms with Crippen molar-refractivity contribution in [3.05, 3.63) is 28.5 Å². The molecule has 0 aliphatic rings. The molecule has 1 N–H and O–H groups in total. The second-order valence-electron chi connectivity index (χ2n) is 3.09. The largest absolute Gasteiger partial charge is 0.368 e. The molecule has 0 unspecified atom stereocenters. The lowest BCUT2D eigenvalue weighted by atomic mass is 10.1. The maximum Gasteiger partial charge on any atom is 0.168 e. The van der Waals surface area contributed by atoms with E-state index >= 15 is 0 Å². The molecule has 0 spiro atoms. The average molecular weight is 302 g/mol. The Labute approximate surface area is 105 Å². The molecular formula is C10H9BrFN3S. The highest BCUT2D eigenvalue weighted by Crippen LogP contribution is 2.31. The van der Waals surface area contributed by atoms with E-state index in [-0.39, 0.29) is 5.82 Å². The summed E-state index contributed by atoms with van der Waals surface area (Å²) in [5, 5.41) is 3.06. The lowest BCUT2D eigenvalue weighted by Gasteiger charge is -2.04. The fourth-order valence-electron chi connectivity index (χ4n) is 1.34. The van der Waals surface area contributed by atoms with Crippen LogP contribution in [0.25, 0.3) is 11.3 Å². The fourth-order valence-corrected chi connectivity index (χ4v) is 2.24. The molecule has 0 bridgehead atoms. The Bertz CT molecular complexity index is 501. The van der Waals surface area contributed by atoms with Gasteiger partial charge in [-0.15, -0.1) is 0 Å². The quantitative estimate of drug-likeness (QED) is 0.942. The Morgan fingerprint density at radius 2 is 2.25 bits per heavy atom. The molecule has 6 heteroatoms. The second-order valence-corrected chi connectivity index (χ2v) is 4.48. The summed E-state index contributed by atoms with van der Waals surface area (Å²) in [5.74, 6) is 0.318. The molecule has 1 heterocycles. The summed E-state index contributed by atoms with van der Waals surface area (Å²) in [7, 11) is 0. The Kier molecular flexibility index (Phi) is 3.50. The number of nitrogens with zero attached hydrogens (tertiary/aromatic N) is 2. The number of aromatic nitrogens is 2. The zero-order valence-electron chi connectivity index (χ0n) is 8.50. The van der Waals surface area contributed by atoms with Crippen molar-refractivity contribution in [3.63, 3.8) is 0 Å². The van der Waals surface area contributed by atoms with Crippen LogP contribution in [-0.2, 0) is 0 Å². The summed E-state index contributed by atoms with van der Waals surface area (Å²) in [5.41, 5.74) is 1.02. The van der Waals surface area contributed by atoms with Gasteiger partial charge in [0.15, 0.2) is 5.82 Å². The van der Waals surface area contributed by atoms with Gasteiger partial charge in [0.1, 0.15) is 11.5 Å². The SMILES string of the molecule is CCNc1nsnc1-c1cccc(Br)c1F. The molecule has 16 heavy (non-hydrogen) atoms. The molecule has 0 fully saturated rings. The Hall–Kier alpha value is -1.01. The van der Waals surface area contributed by atoms with Crippen molar-refractivity contribution >= 4 is 33.5 Å². The smallest absolute Gasteiger partial charge is 0.168 e. The molecule has 0 aliphatic carbocycles. The first kappa shape index (κ1) is 11.5. The molecular weight excluding hydrogens is 293 g/mol. The maximum atomic E-state index is 13.8. The number of anilines is 1. The molecule has 84 valence electrons. The van der Waals surface area contributed by atoms with Crippen LogP contribution in [0.15, 0.2) is 22.7 Å². The molecule has 2 rings (SSSR count). The van der Waals surface area contributed by atoms with Crippen LogP contribution in [0, 0.1) is 5.82 Å². The Morgan fingerprint density at radius 3 is 3.00 bits per heavy atom. The van der Waals surface area contributed by atoms with E-state index in [0.29, 0.717) is 21.5 Å². The molecule has 0 aliphatic heterocycles. The minimum Gasteiger partial charge on any atom is -0.368 e. The Balaban J connectivity index is 2.50. The van der Waals surface area contributed by atoms with Crippen LogP contribution < -0.4 is 5.32 Å². The van der Waals surface area contributed by atoms with Crippen molar-refractivity contribution in [2.75, 3.05) is 11.9 Å². The predicted octanol–water partition coefficient (Wildman–Crippen LogP) is 3.54. The van der Waals surface area contributed by atoms with E-state index in [0.717, 1.165) is 18.3 Å². The average Bonchev–Trinajstić information content (AvgIpc) is 2.71. The van der Waals surface area contributed by atoms with Gasteiger partial charge in [0, 0.05) is 12.1 Å². The van der Waals surface area contributed by atoms with Gasteiger partial charge >= 0.3 is 0 Å². The van der Waals surface area contributed by atoms with Crippen molar-refractivity contribution in [2.24, 2.45) is 0 Å². The monoisotopic (exact) mass is 301 g/mol. The topological polar surface area (TPSA) is 37.8 Å². The Morgan fingerprint density at radius 1 is 1.44 bits per heavy atom. The van der Waals surface area contributed by atoms with Crippen LogP contribution >= 0.6 is 27.7 Å². The maximum absolute atomic E-state index is 13.8. The van der Waals surface area contributed by atoms with Gasteiger partial charge in [-0.1, -0.05) is 6.07 Å². The highest BCUT2D eigenvalue weighted by Gasteiger charge is 2.15. The van der Waals surface area contributed by atoms with Crippen molar-refractivity contribution < 1.29 is 4.39 Å². The number of nitrogens with one attached hydrogen (secondary N) is 1. The van der Waals surface area contributed by atoms with E-state index in [2.05, 4.69) is 30.0 Å². The van der Waals surface area contributed by atoms with E-state index in [1.807, 2.05) is 6.92 Å². The highest BCUT2D eigenvalue weighted by molar-refractivity contribution is 9.10.